The van der Waals surface area contributed by atoms with Crippen LogP contribution in [0.2, 0.25) is 0 Å². The lowest BCUT2D eigenvalue weighted by atomic mass is 10.1. The van der Waals surface area contributed by atoms with E-state index in [9.17, 15) is 13.6 Å². The lowest BCUT2D eigenvalue weighted by molar-refractivity contribution is -0.119. The molecular weight excluding hydrogens is 272 g/mol. The molecular formula is C13H17F2NO2S. The molecule has 0 saturated carbocycles. The Morgan fingerprint density at radius 1 is 1.37 bits per heavy atom. The molecule has 0 aliphatic rings. The summed E-state index contributed by atoms with van der Waals surface area (Å²) >= 11 is 1.12. The van der Waals surface area contributed by atoms with Gasteiger partial charge in [0.1, 0.15) is 0 Å². The van der Waals surface area contributed by atoms with E-state index in [1.54, 1.807) is 0 Å². The molecule has 0 aliphatic carbocycles. The van der Waals surface area contributed by atoms with E-state index in [0.29, 0.717) is 4.90 Å². The summed E-state index contributed by atoms with van der Waals surface area (Å²) in [5.74, 6) is -1.87. The Labute approximate surface area is 115 Å². The van der Waals surface area contributed by atoms with Crippen LogP contribution in [0.3, 0.4) is 0 Å². The smallest absolute Gasteiger partial charge is 0.230 e. The molecule has 0 spiro atoms. The van der Waals surface area contributed by atoms with Crippen molar-refractivity contribution in [1.29, 1.82) is 0 Å². The minimum atomic E-state index is -0.930. The number of thioether (sulfide) groups is 1. The summed E-state index contributed by atoms with van der Waals surface area (Å²) in [4.78, 5) is 12.1. The third-order valence-electron chi connectivity index (χ3n) is 2.61. The van der Waals surface area contributed by atoms with Crippen LogP contribution in [0.4, 0.5) is 8.78 Å². The Bertz CT molecular complexity index is 441. The van der Waals surface area contributed by atoms with Crippen LogP contribution in [0.5, 0.6) is 0 Å². The molecule has 1 atom stereocenters. The highest BCUT2D eigenvalue weighted by atomic mass is 32.2. The predicted molar refractivity (Wildman–Crippen MR) is 70.9 cm³/mol. The van der Waals surface area contributed by atoms with Gasteiger partial charge in [-0.2, -0.15) is 0 Å². The number of carbonyl (C=O) groups is 1. The van der Waals surface area contributed by atoms with Crippen LogP contribution in [0, 0.1) is 17.6 Å². The van der Waals surface area contributed by atoms with Crippen LogP contribution in [0.25, 0.3) is 0 Å². The zero-order valence-electron chi connectivity index (χ0n) is 10.8. The van der Waals surface area contributed by atoms with Gasteiger partial charge >= 0.3 is 0 Å². The zero-order valence-corrected chi connectivity index (χ0v) is 11.6. The molecule has 1 amide bonds. The fourth-order valence-corrected chi connectivity index (χ4v) is 2.12. The van der Waals surface area contributed by atoms with Gasteiger partial charge in [-0.25, -0.2) is 8.78 Å². The second kappa shape index (κ2) is 7.45. The first-order chi connectivity index (χ1) is 8.93. The molecule has 0 saturated heterocycles. The van der Waals surface area contributed by atoms with Crippen molar-refractivity contribution >= 4 is 17.7 Å². The molecule has 0 fully saturated rings. The first kappa shape index (κ1) is 15.9. The molecule has 1 aromatic carbocycles. The number of hydrogen-bond donors (Lipinski definition) is 2. The molecule has 0 aromatic heterocycles. The number of aliphatic hydroxyl groups excluding tert-OH is 1. The quantitative estimate of drug-likeness (QED) is 0.789. The maximum atomic E-state index is 13.0. The van der Waals surface area contributed by atoms with Gasteiger partial charge in [0.2, 0.25) is 5.91 Å². The summed E-state index contributed by atoms with van der Waals surface area (Å²) < 4.78 is 25.7. The Hall–Kier alpha value is -1.14. The van der Waals surface area contributed by atoms with Gasteiger partial charge < -0.3 is 10.4 Å². The number of aliphatic hydroxyl groups is 1. The van der Waals surface area contributed by atoms with Crippen molar-refractivity contribution in [1.82, 2.24) is 5.32 Å². The monoisotopic (exact) mass is 289 g/mol. The molecule has 6 heteroatoms. The summed E-state index contributed by atoms with van der Waals surface area (Å²) in [6.45, 7) is 3.66. The molecule has 0 aliphatic heterocycles. The highest BCUT2D eigenvalue weighted by molar-refractivity contribution is 8.00. The third-order valence-corrected chi connectivity index (χ3v) is 3.60. The van der Waals surface area contributed by atoms with Gasteiger partial charge in [-0.05, 0) is 24.1 Å². The van der Waals surface area contributed by atoms with E-state index < -0.39 is 11.6 Å². The van der Waals surface area contributed by atoms with Crippen molar-refractivity contribution in [3.63, 3.8) is 0 Å². The Morgan fingerprint density at radius 2 is 2.05 bits per heavy atom. The average molecular weight is 289 g/mol. The molecule has 0 heterocycles. The van der Waals surface area contributed by atoms with Crippen LogP contribution in [0.1, 0.15) is 13.8 Å². The second-order valence-electron chi connectivity index (χ2n) is 4.47. The van der Waals surface area contributed by atoms with Crippen molar-refractivity contribution in [2.24, 2.45) is 5.92 Å². The summed E-state index contributed by atoms with van der Waals surface area (Å²) in [7, 11) is 0. The Kier molecular flexibility index (Phi) is 6.24. The molecule has 0 unspecified atom stereocenters. The van der Waals surface area contributed by atoms with E-state index in [2.05, 4.69) is 5.32 Å². The van der Waals surface area contributed by atoms with Gasteiger partial charge in [-0.15, -0.1) is 11.8 Å². The van der Waals surface area contributed by atoms with Crippen LogP contribution < -0.4 is 5.32 Å². The first-order valence-corrected chi connectivity index (χ1v) is 6.90. The number of benzene rings is 1. The normalized spacial score (nSPS) is 12.5. The zero-order chi connectivity index (χ0) is 14.4. The van der Waals surface area contributed by atoms with E-state index >= 15 is 0 Å². The molecule has 106 valence electrons. The van der Waals surface area contributed by atoms with E-state index in [0.717, 1.165) is 23.9 Å². The minimum absolute atomic E-state index is 0.0916. The Balaban J connectivity index is 2.47. The van der Waals surface area contributed by atoms with E-state index in [-0.39, 0.29) is 30.2 Å². The maximum Gasteiger partial charge on any atom is 0.230 e. The van der Waals surface area contributed by atoms with Crippen molar-refractivity contribution in [3.05, 3.63) is 29.8 Å². The number of halogens is 2. The lowest BCUT2D eigenvalue weighted by Gasteiger charge is -2.19. The summed E-state index contributed by atoms with van der Waals surface area (Å²) in [6, 6.07) is 3.21. The first-order valence-electron chi connectivity index (χ1n) is 5.92. The average Bonchev–Trinajstić information content (AvgIpc) is 2.37. The van der Waals surface area contributed by atoms with Gasteiger partial charge in [0.15, 0.2) is 11.6 Å². The fourth-order valence-electron chi connectivity index (χ4n) is 1.39. The number of hydrogen-bond acceptors (Lipinski definition) is 3. The second-order valence-corrected chi connectivity index (χ2v) is 5.51. The van der Waals surface area contributed by atoms with Crippen LogP contribution in [-0.2, 0) is 4.79 Å². The SMILES string of the molecule is CC(C)[C@@H](CO)NC(=O)CSc1ccc(F)c(F)c1. The van der Waals surface area contributed by atoms with Crippen LogP contribution in [-0.4, -0.2) is 29.4 Å². The van der Waals surface area contributed by atoms with E-state index in [1.165, 1.54) is 6.07 Å². The number of amides is 1. The summed E-state index contributed by atoms with van der Waals surface area (Å²) in [5, 5.41) is 11.8. The minimum Gasteiger partial charge on any atom is -0.394 e. The predicted octanol–water partition coefficient (Wildman–Crippen LogP) is 2.19. The molecule has 2 N–H and O–H groups in total. The van der Waals surface area contributed by atoms with Gasteiger partial charge in [-0.3, -0.25) is 4.79 Å². The fraction of sp³-hybridized carbons (Fsp3) is 0.462. The largest absolute Gasteiger partial charge is 0.394 e. The molecule has 1 aromatic rings. The van der Waals surface area contributed by atoms with Crippen LogP contribution >= 0.6 is 11.8 Å². The standard InChI is InChI=1S/C13H17F2NO2S/c1-8(2)12(6-17)16-13(18)7-19-9-3-4-10(14)11(15)5-9/h3-5,8,12,17H,6-7H2,1-2H3,(H,16,18)/t12-/m1/s1. The third kappa shape index (κ3) is 5.16. The van der Waals surface area contributed by atoms with Crippen molar-refractivity contribution in [2.75, 3.05) is 12.4 Å². The molecule has 3 nitrogen and oxygen atoms in total. The summed E-state index contributed by atoms with van der Waals surface area (Å²) in [5.41, 5.74) is 0. The highest BCUT2D eigenvalue weighted by Gasteiger charge is 2.15. The molecule has 0 bridgehead atoms. The van der Waals surface area contributed by atoms with Crippen molar-refractivity contribution in [3.8, 4) is 0 Å². The molecule has 1 rings (SSSR count). The van der Waals surface area contributed by atoms with E-state index in [1.807, 2.05) is 13.8 Å². The van der Waals surface area contributed by atoms with Crippen molar-refractivity contribution in [2.45, 2.75) is 24.8 Å². The number of rotatable bonds is 6. The van der Waals surface area contributed by atoms with Gasteiger partial charge in [0.25, 0.3) is 0 Å². The van der Waals surface area contributed by atoms with Crippen LogP contribution in [0.15, 0.2) is 23.1 Å². The highest BCUT2D eigenvalue weighted by Crippen LogP contribution is 2.20. The number of carbonyl (C=O) groups excluding carboxylic acids is 1. The summed E-state index contributed by atoms with van der Waals surface area (Å²) in [6.07, 6.45) is 0. The number of nitrogens with one attached hydrogen (secondary N) is 1. The molecule has 19 heavy (non-hydrogen) atoms. The van der Waals surface area contributed by atoms with Crippen molar-refractivity contribution < 1.29 is 18.7 Å². The maximum absolute atomic E-state index is 13.0. The topological polar surface area (TPSA) is 49.3 Å². The van der Waals surface area contributed by atoms with E-state index in [4.69, 9.17) is 5.11 Å². The van der Waals surface area contributed by atoms with Gasteiger partial charge in [0, 0.05) is 4.90 Å². The Morgan fingerprint density at radius 3 is 2.58 bits per heavy atom. The lowest BCUT2D eigenvalue weighted by Crippen LogP contribution is -2.41. The molecule has 0 radical (unpaired) electrons. The van der Waals surface area contributed by atoms with Gasteiger partial charge in [0.05, 0.1) is 18.4 Å². The van der Waals surface area contributed by atoms with Gasteiger partial charge in [-0.1, -0.05) is 13.8 Å².